The molecule has 20 heavy (non-hydrogen) atoms. The third-order valence-electron chi connectivity index (χ3n) is 3.38. The second kappa shape index (κ2) is 7.84. The first kappa shape index (κ1) is 17.2. The molecule has 1 heterocycles. The molecule has 1 rings (SSSR count). The van der Waals surface area contributed by atoms with E-state index in [2.05, 4.69) is 11.8 Å². The van der Waals surface area contributed by atoms with Crippen molar-refractivity contribution >= 4 is 6.09 Å². The second-order valence-electron chi connectivity index (χ2n) is 6.56. The summed E-state index contributed by atoms with van der Waals surface area (Å²) in [6.07, 6.45) is 2.57. The number of piperazine rings is 1. The van der Waals surface area contributed by atoms with Crippen LogP contribution in [-0.4, -0.2) is 65.4 Å². The summed E-state index contributed by atoms with van der Waals surface area (Å²) in [5.74, 6) is 0. The van der Waals surface area contributed by atoms with Gasteiger partial charge in [-0.15, -0.1) is 0 Å². The highest BCUT2D eigenvalue weighted by Crippen LogP contribution is 2.12. The summed E-state index contributed by atoms with van der Waals surface area (Å²) in [6.45, 7) is 11.5. The van der Waals surface area contributed by atoms with E-state index in [1.54, 1.807) is 4.90 Å². The van der Waals surface area contributed by atoms with Gasteiger partial charge in [0.15, 0.2) is 0 Å². The quantitative estimate of drug-likeness (QED) is 0.841. The zero-order valence-electron chi connectivity index (χ0n) is 13.4. The van der Waals surface area contributed by atoms with Crippen molar-refractivity contribution in [3.8, 4) is 0 Å². The summed E-state index contributed by atoms with van der Waals surface area (Å²) < 4.78 is 5.37. The van der Waals surface area contributed by atoms with Gasteiger partial charge in [0.05, 0.1) is 6.10 Å². The number of amides is 1. The van der Waals surface area contributed by atoms with Crippen molar-refractivity contribution in [2.24, 2.45) is 0 Å². The summed E-state index contributed by atoms with van der Waals surface area (Å²) in [6, 6.07) is 0. The predicted molar refractivity (Wildman–Crippen MR) is 79.8 cm³/mol. The topological polar surface area (TPSA) is 53.0 Å². The maximum atomic E-state index is 11.9. The minimum absolute atomic E-state index is 0.233. The molecule has 0 aromatic carbocycles. The van der Waals surface area contributed by atoms with E-state index in [1.807, 2.05) is 20.8 Å². The van der Waals surface area contributed by atoms with Crippen LogP contribution in [-0.2, 0) is 4.74 Å². The molecule has 1 aliphatic heterocycles. The lowest BCUT2D eigenvalue weighted by atomic mass is 10.1. The van der Waals surface area contributed by atoms with Gasteiger partial charge in [0.1, 0.15) is 5.60 Å². The lowest BCUT2D eigenvalue weighted by Gasteiger charge is -2.36. The van der Waals surface area contributed by atoms with Gasteiger partial charge in [0, 0.05) is 32.7 Å². The Morgan fingerprint density at radius 3 is 2.35 bits per heavy atom. The number of β-amino-alcohol motifs (C(OH)–C–C–N with tert-alkyl or cyclic N) is 1. The minimum Gasteiger partial charge on any atom is -0.444 e. The molecule has 0 bridgehead atoms. The van der Waals surface area contributed by atoms with Crippen LogP contribution in [0.3, 0.4) is 0 Å². The van der Waals surface area contributed by atoms with Crippen LogP contribution in [0.5, 0.6) is 0 Å². The van der Waals surface area contributed by atoms with Gasteiger partial charge in [-0.3, -0.25) is 4.90 Å². The molecular weight excluding hydrogens is 256 g/mol. The molecular formula is C15H30N2O3. The minimum atomic E-state index is -0.440. The standard InChI is InChI=1S/C15H30N2O3/c1-5-6-7-13(18)12-16-8-10-17(11-9-16)14(19)20-15(2,3)4/h13,18H,5-12H2,1-4H3. The largest absolute Gasteiger partial charge is 0.444 e. The Bertz CT molecular complexity index is 294. The molecule has 1 fully saturated rings. The molecule has 0 saturated carbocycles. The van der Waals surface area contributed by atoms with Gasteiger partial charge in [-0.25, -0.2) is 4.79 Å². The van der Waals surface area contributed by atoms with Crippen LogP contribution < -0.4 is 0 Å². The normalized spacial score (nSPS) is 18.9. The van der Waals surface area contributed by atoms with E-state index in [1.165, 1.54) is 0 Å². The smallest absolute Gasteiger partial charge is 0.410 e. The average molecular weight is 286 g/mol. The monoisotopic (exact) mass is 286 g/mol. The van der Waals surface area contributed by atoms with E-state index in [0.717, 1.165) is 32.4 Å². The van der Waals surface area contributed by atoms with Crippen molar-refractivity contribution in [3.63, 3.8) is 0 Å². The zero-order valence-corrected chi connectivity index (χ0v) is 13.4. The van der Waals surface area contributed by atoms with Crippen molar-refractivity contribution < 1.29 is 14.6 Å². The number of unbranched alkanes of at least 4 members (excludes halogenated alkanes) is 1. The number of carbonyl (C=O) groups excluding carboxylic acids is 1. The Balaban J connectivity index is 2.27. The molecule has 118 valence electrons. The highest BCUT2D eigenvalue weighted by Gasteiger charge is 2.26. The molecule has 5 heteroatoms. The second-order valence-corrected chi connectivity index (χ2v) is 6.56. The fourth-order valence-electron chi connectivity index (χ4n) is 2.27. The van der Waals surface area contributed by atoms with E-state index in [0.29, 0.717) is 19.6 Å². The molecule has 1 amide bonds. The summed E-state index contributed by atoms with van der Waals surface area (Å²) in [5.41, 5.74) is -0.440. The summed E-state index contributed by atoms with van der Waals surface area (Å²) >= 11 is 0. The van der Waals surface area contributed by atoms with Crippen LogP contribution in [0.25, 0.3) is 0 Å². The fraction of sp³-hybridized carbons (Fsp3) is 0.933. The van der Waals surface area contributed by atoms with Crippen LogP contribution in [0.2, 0.25) is 0 Å². The van der Waals surface area contributed by atoms with E-state index >= 15 is 0 Å². The van der Waals surface area contributed by atoms with Gasteiger partial charge in [-0.2, -0.15) is 0 Å². The van der Waals surface area contributed by atoms with E-state index in [4.69, 9.17) is 4.74 Å². The molecule has 1 aliphatic rings. The number of nitrogens with zero attached hydrogens (tertiary/aromatic N) is 2. The SMILES string of the molecule is CCCCC(O)CN1CCN(C(=O)OC(C)(C)C)CC1. The molecule has 1 saturated heterocycles. The Morgan fingerprint density at radius 1 is 1.25 bits per heavy atom. The first-order valence-electron chi connectivity index (χ1n) is 7.70. The van der Waals surface area contributed by atoms with E-state index in [-0.39, 0.29) is 12.2 Å². The van der Waals surface area contributed by atoms with Gasteiger partial charge >= 0.3 is 6.09 Å². The molecule has 0 aromatic heterocycles. The van der Waals surface area contributed by atoms with Crippen LogP contribution in [0.4, 0.5) is 4.79 Å². The Morgan fingerprint density at radius 2 is 1.85 bits per heavy atom. The van der Waals surface area contributed by atoms with Crippen molar-refractivity contribution in [1.82, 2.24) is 9.80 Å². The molecule has 1 atom stereocenters. The Kier molecular flexibility index (Phi) is 6.76. The third-order valence-corrected chi connectivity index (χ3v) is 3.38. The van der Waals surface area contributed by atoms with Crippen LogP contribution in [0, 0.1) is 0 Å². The summed E-state index contributed by atoms with van der Waals surface area (Å²) in [5, 5.41) is 9.91. The van der Waals surface area contributed by atoms with Gasteiger partial charge in [-0.1, -0.05) is 19.8 Å². The summed E-state index contributed by atoms with van der Waals surface area (Å²) in [4.78, 5) is 15.9. The molecule has 0 radical (unpaired) electrons. The van der Waals surface area contributed by atoms with Crippen LogP contribution in [0.1, 0.15) is 47.0 Å². The van der Waals surface area contributed by atoms with Crippen LogP contribution >= 0.6 is 0 Å². The predicted octanol–water partition coefficient (Wildman–Crippen LogP) is 2.09. The maximum absolute atomic E-state index is 11.9. The number of ether oxygens (including phenoxy) is 1. The maximum Gasteiger partial charge on any atom is 0.410 e. The van der Waals surface area contributed by atoms with Gasteiger partial charge < -0.3 is 14.7 Å². The molecule has 1 N–H and O–H groups in total. The van der Waals surface area contributed by atoms with Crippen molar-refractivity contribution in [2.75, 3.05) is 32.7 Å². The summed E-state index contributed by atoms with van der Waals surface area (Å²) in [7, 11) is 0. The molecule has 0 aromatic rings. The first-order chi connectivity index (χ1) is 9.31. The van der Waals surface area contributed by atoms with E-state index < -0.39 is 5.60 Å². The van der Waals surface area contributed by atoms with Crippen LogP contribution in [0.15, 0.2) is 0 Å². The average Bonchev–Trinajstić information content (AvgIpc) is 2.35. The molecule has 0 spiro atoms. The lowest BCUT2D eigenvalue weighted by molar-refractivity contribution is 0.00974. The molecule has 0 aliphatic carbocycles. The zero-order chi connectivity index (χ0) is 15.2. The van der Waals surface area contributed by atoms with E-state index in [9.17, 15) is 9.90 Å². The van der Waals surface area contributed by atoms with Gasteiger partial charge in [0.25, 0.3) is 0 Å². The third kappa shape index (κ3) is 6.57. The number of hydrogen-bond donors (Lipinski definition) is 1. The Hall–Kier alpha value is -0.810. The van der Waals surface area contributed by atoms with Crippen molar-refractivity contribution in [1.29, 1.82) is 0 Å². The van der Waals surface area contributed by atoms with Gasteiger partial charge in [-0.05, 0) is 27.2 Å². The highest BCUT2D eigenvalue weighted by atomic mass is 16.6. The molecule has 5 nitrogen and oxygen atoms in total. The van der Waals surface area contributed by atoms with Gasteiger partial charge in [0.2, 0.25) is 0 Å². The highest BCUT2D eigenvalue weighted by molar-refractivity contribution is 5.68. The number of aliphatic hydroxyl groups is 1. The lowest BCUT2D eigenvalue weighted by Crippen LogP contribution is -2.51. The van der Waals surface area contributed by atoms with Crippen molar-refractivity contribution in [3.05, 3.63) is 0 Å². The number of rotatable bonds is 5. The number of hydrogen-bond acceptors (Lipinski definition) is 4. The number of carbonyl (C=O) groups is 1. The molecule has 1 unspecified atom stereocenters. The first-order valence-corrected chi connectivity index (χ1v) is 7.70. The fourth-order valence-corrected chi connectivity index (χ4v) is 2.27. The Labute approximate surface area is 122 Å². The van der Waals surface area contributed by atoms with Crippen molar-refractivity contribution in [2.45, 2.75) is 58.7 Å². The number of aliphatic hydroxyl groups excluding tert-OH is 1.